The molecule has 0 radical (unpaired) electrons. The minimum absolute atomic E-state index is 0.00610. The van der Waals surface area contributed by atoms with Crippen molar-refractivity contribution >= 4 is 27.6 Å². The molecule has 1 atom stereocenters. The Morgan fingerprint density at radius 2 is 2.05 bits per heavy atom. The van der Waals surface area contributed by atoms with Crippen LogP contribution >= 0.6 is 11.8 Å². The molecule has 22 heavy (non-hydrogen) atoms. The summed E-state index contributed by atoms with van der Waals surface area (Å²) in [5.74, 6) is 0.497. The first-order valence-corrected chi connectivity index (χ1v) is 9.94. The molecule has 0 saturated carbocycles. The number of halogens is 1. The topological polar surface area (TPSA) is 66.5 Å². The average Bonchev–Trinajstić information content (AvgIpc) is 2.48. The van der Waals surface area contributed by atoms with Gasteiger partial charge < -0.3 is 10.2 Å². The third-order valence-corrected chi connectivity index (χ3v) is 6.72. The lowest BCUT2D eigenvalue weighted by atomic mass is 10.0. The molecule has 1 aromatic carbocycles. The fourth-order valence-corrected chi connectivity index (χ4v) is 5.03. The van der Waals surface area contributed by atoms with Crippen LogP contribution in [0.3, 0.4) is 0 Å². The summed E-state index contributed by atoms with van der Waals surface area (Å²) in [7, 11) is -3.01. The van der Waals surface area contributed by atoms with E-state index in [9.17, 15) is 17.6 Å². The van der Waals surface area contributed by atoms with Crippen LogP contribution in [0.25, 0.3) is 0 Å². The Balaban J connectivity index is 1.70. The number of nitrogens with one attached hydrogen (secondary N) is 1. The summed E-state index contributed by atoms with van der Waals surface area (Å²) in [6.45, 7) is 0.428. The van der Waals surface area contributed by atoms with Gasteiger partial charge in [-0.15, -0.1) is 11.8 Å². The Labute approximate surface area is 133 Å². The van der Waals surface area contributed by atoms with Crippen molar-refractivity contribution in [2.24, 2.45) is 0 Å². The molecule has 1 fully saturated rings. The van der Waals surface area contributed by atoms with Crippen LogP contribution < -0.4 is 5.32 Å². The molecule has 0 spiro atoms. The van der Waals surface area contributed by atoms with E-state index in [1.165, 1.54) is 22.7 Å². The molecule has 8 heteroatoms. The number of rotatable bonds is 1. The molecule has 3 rings (SSSR count). The number of urea groups is 1. The van der Waals surface area contributed by atoms with E-state index in [2.05, 4.69) is 5.32 Å². The number of sulfone groups is 1. The Kier molecular flexibility index (Phi) is 4.31. The quantitative estimate of drug-likeness (QED) is 0.844. The third-order valence-electron chi connectivity index (χ3n) is 3.96. The zero-order valence-electron chi connectivity index (χ0n) is 11.9. The Hall–Kier alpha value is -1.28. The van der Waals surface area contributed by atoms with Gasteiger partial charge in [-0.25, -0.2) is 17.6 Å². The van der Waals surface area contributed by atoms with Crippen LogP contribution in [0.1, 0.15) is 18.0 Å². The number of hydrogen-bond acceptors (Lipinski definition) is 4. The summed E-state index contributed by atoms with van der Waals surface area (Å²) >= 11 is 1.46. The summed E-state index contributed by atoms with van der Waals surface area (Å²) < 4.78 is 36.6. The highest BCUT2D eigenvalue weighted by atomic mass is 32.2. The lowest BCUT2D eigenvalue weighted by Crippen LogP contribution is -2.49. The van der Waals surface area contributed by atoms with Crippen molar-refractivity contribution in [3.05, 3.63) is 29.6 Å². The fourth-order valence-electron chi connectivity index (χ4n) is 2.69. The van der Waals surface area contributed by atoms with E-state index in [1.54, 1.807) is 6.07 Å². The average molecular weight is 344 g/mol. The molecule has 2 heterocycles. The number of carbonyl (C=O) groups is 1. The van der Waals surface area contributed by atoms with Crippen molar-refractivity contribution < 1.29 is 17.6 Å². The maximum absolute atomic E-state index is 13.8. The second kappa shape index (κ2) is 6.08. The number of hydrogen-bond donors (Lipinski definition) is 1. The molecule has 1 saturated heterocycles. The molecule has 2 aliphatic heterocycles. The molecule has 2 amide bonds. The maximum Gasteiger partial charge on any atom is 0.317 e. The predicted molar refractivity (Wildman–Crippen MR) is 83.2 cm³/mol. The zero-order chi connectivity index (χ0) is 15.7. The second-order valence-corrected chi connectivity index (χ2v) is 8.85. The predicted octanol–water partition coefficient (Wildman–Crippen LogP) is 1.80. The lowest BCUT2D eigenvalue weighted by Gasteiger charge is -2.31. The van der Waals surface area contributed by atoms with Crippen molar-refractivity contribution in [1.29, 1.82) is 0 Å². The van der Waals surface area contributed by atoms with Gasteiger partial charge >= 0.3 is 6.03 Å². The zero-order valence-corrected chi connectivity index (χ0v) is 13.6. The van der Waals surface area contributed by atoms with E-state index >= 15 is 0 Å². The van der Waals surface area contributed by atoms with E-state index in [0.717, 1.165) is 17.7 Å². The summed E-state index contributed by atoms with van der Waals surface area (Å²) in [6.07, 6.45) is 0.735. The Morgan fingerprint density at radius 1 is 1.32 bits per heavy atom. The van der Waals surface area contributed by atoms with E-state index in [4.69, 9.17) is 0 Å². The van der Waals surface area contributed by atoms with Crippen LogP contribution in [0.5, 0.6) is 0 Å². The first-order valence-electron chi connectivity index (χ1n) is 7.13. The molecule has 0 aromatic heterocycles. The number of nitrogens with zero attached hydrogens (tertiary/aromatic N) is 1. The Morgan fingerprint density at radius 3 is 2.77 bits per heavy atom. The van der Waals surface area contributed by atoms with E-state index < -0.39 is 9.84 Å². The second-order valence-electron chi connectivity index (χ2n) is 5.44. The molecule has 1 unspecified atom stereocenters. The third kappa shape index (κ3) is 3.22. The monoisotopic (exact) mass is 344 g/mol. The van der Waals surface area contributed by atoms with Crippen LogP contribution in [0.2, 0.25) is 0 Å². The normalized spacial score (nSPS) is 23.7. The first-order chi connectivity index (χ1) is 10.5. The summed E-state index contributed by atoms with van der Waals surface area (Å²) in [5, 5.41) is 2.91. The molecule has 2 aliphatic rings. The van der Waals surface area contributed by atoms with Gasteiger partial charge in [0.2, 0.25) is 0 Å². The van der Waals surface area contributed by atoms with E-state index in [0.29, 0.717) is 4.90 Å². The minimum atomic E-state index is -3.01. The van der Waals surface area contributed by atoms with Crippen molar-refractivity contribution in [2.75, 3.05) is 30.3 Å². The maximum atomic E-state index is 13.8. The largest absolute Gasteiger partial charge is 0.331 e. The number of benzene rings is 1. The van der Waals surface area contributed by atoms with Gasteiger partial charge in [0.05, 0.1) is 17.5 Å². The summed E-state index contributed by atoms with van der Waals surface area (Å²) in [4.78, 5) is 14.4. The van der Waals surface area contributed by atoms with Crippen LogP contribution in [-0.2, 0) is 9.84 Å². The molecule has 0 aliphatic carbocycles. The van der Waals surface area contributed by atoms with Crippen molar-refractivity contribution in [3.63, 3.8) is 0 Å². The van der Waals surface area contributed by atoms with Crippen molar-refractivity contribution in [2.45, 2.75) is 17.4 Å². The van der Waals surface area contributed by atoms with Crippen molar-refractivity contribution in [3.8, 4) is 0 Å². The molecule has 120 valence electrons. The van der Waals surface area contributed by atoms with Crippen LogP contribution in [0.15, 0.2) is 23.1 Å². The SMILES string of the molecule is O=C(NC1CCSc2c(F)cccc21)N1CCS(=O)(=O)CC1. The molecule has 5 nitrogen and oxygen atoms in total. The van der Waals surface area contributed by atoms with Gasteiger partial charge in [-0.05, 0) is 18.1 Å². The van der Waals surface area contributed by atoms with E-state index in [-0.39, 0.29) is 42.5 Å². The number of fused-ring (bicyclic) bond motifs is 1. The number of amides is 2. The highest BCUT2D eigenvalue weighted by Gasteiger charge is 2.29. The number of carbonyl (C=O) groups excluding carboxylic acids is 1. The fraction of sp³-hybridized carbons (Fsp3) is 0.500. The van der Waals surface area contributed by atoms with Crippen molar-refractivity contribution in [1.82, 2.24) is 10.2 Å². The molecule has 1 aromatic rings. The minimum Gasteiger partial charge on any atom is -0.331 e. The first kappa shape index (κ1) is 15.6. The van der Waals surface area contributed by atoms with Gasteiger partial charge in [-0.2, -0.15) is 0 Å². The van der Waals surface area contributed by atoms with Gasteiger partial charge in [-0.1, -0.05) is 12.1 Å². The molecular formula is C14H17FN2O3S2. The highest BCUT2D eigenvalue weighted by Crippen LogP contribution is 2.37. The van der Waals surface area contributed by atoms with Crippen LogP contribution in [0, 0.1) is 5.82 Å². The summed E-state index contributed by atoms with van der Waals surface area (Å²) in [5.41, 5.74) is 0.800. The summed E-state index contributed by atoms with van der Waals surface area (Å²) in [6, 6.07) is 4.40. The van der Waals surface area contributed by atoms with Gasteiger partial charge in [0.15, 0.2) is 9.84 Å². The van der Waals surface area contributed by atoms with Crippen LogP contribution in [-0.4, -0.2) is 49.7 Å². The van der Waals surface area contributed by atoms with E-state index in [1.807, 2.05) is 6.07 Å². The number of thioether (sulfide) groups is 1. The van der Waals surface area contributed by atoms with Gasteiger partial charge in [0, 0.05) is 23.7 Å². The lowest BCUT2D eigenvalue weighted by molar-refractivity contribution is 0.197. The Bertz CT molecular complexity index is 679. The van der Waals surface area contributed by atoms with Gasteiger partial charge in [0.1, 0.15) is 5.82 Å². The van der Waals surface area contributed by atoms with Gasteiger partial charge in [0.25, 0.3) is 0 Å². The standard InChI is InChI=1S/C14H17FN2O3S2/c15-11-3-1-2-10-12(4-7-21-13(10)11)16-14(18)17-5-8-22(19,20)9-6-17/h1-3,12H,4-9H2,(H,16,18). The molecule has 0 bridgehead atoms. The molecular weight excluding hydrogens is 327 g/mol. The molecule has 1 N–H and O–H groups in total. The smallest absolute Gasteiger partial charge is 0.317 e. The highest BCUT2D eigenvalue weighted by molar-refractivity contribution is 7.99. The van der Waals surface area contributed by atoms with Gasteiger partial charge in [-0.3, -0.25) is 0 Å². The van der Waals surface area contributed by atoms with Crippen LogP contribution in [0.4, 0.5) is 9.18 Å².